The van der Waals surface area contributed by atoms with Crippen LogP contribution in [-0.4, -0.2) is 12.4 Å². The molecule has 1 atom stereocenters. The molecule has 3 heterocycles. The van der Waals surface area contributed by atoms with Crippen LogP contribution in [0.2, 0.25) is 0 Å². The number of hydrogen-bond acceptors (Lipinski definition) is 3. The first-order valence-electron chi connectivity index (χ1n) is 9.19. The second-order valence-electron chi connectivity index (χ2n) is 7.60. The van der Waals surface area contributed by atoms with Crippen LogP contribution in [-0.2, 0) is 6.42 Å². The number of fused-ring (bicyclic) bond motifs is 7. The van der Waals surface area contributed by atoms with Crippen LogP contribution in [0, 0.1) is 0 Å². The van der Waals surface area contributed by atoms with Crippen molar-refractivity contribution in [2.24, 2.45) is 0 Å². The maximum atomic E-state index is 6.43. The van der Waals surface area contributed by atoms with Gasteiger partial charge in [-0.05, 0) is 59.0 Å². The summed E-state index contributed by atoms with van der Waals surface area (Å²) in [5.74, 6) is 2.60. The fourth-order valence-electron chi connectivity index (χ4n) is 3.83. The molecule has 3 aliphatic heterocycles. The molecule has 3 heteroatoms. The first-order valence-corrected chi connectivity index (χ1v) is 9.19. The fraction of sp³-hybridized carbons (Fsp3) is 0.455. The molecule has 0 N–H and O–H groups in total. The standard InChI is InChI=1S/C22H26O3/c1-15-6-4-7-16(2)12-18-17-9-11-22(3,10-5-8-15)25-19(17)13-20-21(18)24-14-23-20/h7-9,11,13H,4-6,10,12,14H2,1-3H3/b15-8-,16-7-/t22-/m1/s1. The molecule has 1 aromatic rings. The van der Waals surface area contributed by atoms with Gasteiger partial charge >= 0.3 is 0 Å². The van der Waals surface area contributed by atoms with Gasteiger partial charge in [0.1, 0.15) is 11.4 Å². The highest BCUT2D eigenvalue weighted by molar-refractivity contribution is 5.72. The van der Waals surface area contributed by atoms with E-state index in [4.69, 9.17) is 14.2 Å². The van der Waals surface area contributed by atoms with Crippen molar-refractivity contribution in [3.8, 4) is 17.2 Å². The van der Waals surface area contributed by atoms with Crippen LogP contribution in [0.5, 0.6) is 17.2 Å². The summed E-state index contributed by atoms with van der Waals surface area (Å²) in [6, 6.07) is 1.99. The van der Waals surface area contributed by atoms with E-state index in [1.54, 1.807) is 0 Å². The maximum Gasteiger partial charge on any atom is 0.231 e. The zero-order valence-corrected chi connectivity index (χ0v) is 15.4. The molecule has 0 aromatic heterocycles. The number of benzene rings is 1. The van der Waals surface area contributed by atoms with Gasteiger partial charge in [-0.1, -0.05) is 29.4 Å². The second kappa shape index (κ2) is 6.29. The molecular formula is C22H26O3. The van der Waals surface area contributed by atoms with E-state index in [2.05, 4.69) is 45.1 Å². The largest absolute Gasteiger partial charge is 0.483 e. The normalized spacial score (nSPS) is 29.2. The summed E-state index contributed by atoms with van der Waals surface area (Å²) >= 11 is 0. The molecule has 5 rings (SSSR count). The second-order valence-corrected chi connectivity index (χ2v) is 7.60. The van der Waals surface area contributed by atoms with Crippen molar-refractivity contribution in [2.45, 2.75) is 58.5 Å². The van der Waals surface area contributed by atoms with E-state index in [1.807, 2.05) is 6.07 Å². The van der Waals surface area contributed by atoms with Gasteiger partial charge in [-0.25, -0.2) is 0 Å². The maximum absolute atomic E-state index is 6.43. The molecule has 132 valence electrons. The first kappa shape index (κ1) is 16.3. The van der Waals surface area contributed by atoms with Gasteiger partial charge in [-0.15, -0.1) is 0 Å². The van der Waals surface area contributed by atoms with Crippen molar-refractivity contribution in [1.29, 1.82) is 0 Å². The molecule has 0 spiro atoms. The Morgan fingerprint density at radius 3 is 2.72 bits per heavy atom. The molecule has 0 saturated heterocycles. The van der Waals surface area contributed by atoms with Gasteiger partial charge in [-0.2, -0.15) is 0 Å². The summed E-state index contributed by atoms with van der Waals surface area (Å²) in [4.78, 5) is 0. The predicted molar refractivity (Wildman–Crippen MR) is 100 cm³/mol. The highest BCUT2D eigenvalue weighted by Crippen LogP contribution is 2.47. The van der Waals surface area contributed by atoms with Crippen LogP contribution < -0.4 is 14.2 Å². The summed E-state index contributed by atoms with van der Waals surface area (Å²) in [5.41, 5.74) is 4.86. The van der Waals surface area contributed by atoms with Crippen LogP contribution in [0.1, 0.15) is 57.6 Å². The molecular weight excluding hydrogens is 312 g/mol. The lowest BCUT2D eigenvalue weighted by Gasteiger charge is -2.32. The Kier molecular flexibility index (Phi) is 4.10. The van der Waals surface area contributed by atoms with Crippen molar-refractivity contribution in [3.05, 3.63) is 46.6 Å². The van der Waals surface area contributed by atoms with Gasteiger partial charge in [0.2, 0.25) is 6.79 Å². The molecule has 0 fully saturated rings. The topological polar surface area (TPSA) is 27.7 Å². The number of hydrogen-bond donors (Lipinski definition) is 0. The lowest BCUT2D eigenvalue weighted by Crippen LogP contribution is -2.32. The Morgan fingerprint density at radius 1 is 1.00 bits per heavy atom. The summed E-state index contributed by atoms with van der Waals surface area (Å²) in [5, 5.41) is 0. The van der Waals surface area contributed by atoms with Crippen molar-refractivity contribution in [1.82, 2.24) is 0 Å². The molecule has 0 amide bonds. The van der Waals surface area contributed by atoms with Gasteiger partial charge in [-0.3, -0.25) is 0 Å². The van der Waals surface area contributed by atoms with Crippen LogP contribution in [0.15, 0.2) is 35.4 Å². The van der Waals surface area contributed by atoms with Gasteiger partial charge < -0.3 is 14.2 Å². The first-order chi connectivity index (χ1) is 12.0. The third-order valence-electron chi connectivity index (χ3n) is 5.33. The van der Waals surface area contributed by atoms with E-state index in [0.29, 0.717) is 0 Å². The van der Waals surface area contributed by atoms with Crippen molar-refractivity contribution in [2.75, 3.05) is 6.79 Å². The Balaban J connectivity index is 1.81. The Morgan fingerprint density at radius 2 is 1.84 bits per heavy atom. The zero-order valence-electron chi connectivity index (χ0n) is 15.4. The highest BCUT2D eigenvalue weighted by atomic mass is 16.7. The molecule has 1 aromatic carbocycles. The quantitative estimate of drug-likeness (QED) is 0.577. The van der Waals surface area contributed by atoms with Crippen molar-refractivity contribution in [3.63, 3.8) is 0 Å². The number of rotatable bonds is 0. The predicted octanol–water partition coefficient (Wildman–Crippen LogP) is 5.59. The van der Waals surface area contributed by atoms with Gasteiger partial charge in [0, 0.05) is 17.2 Å². The molecule has 1 aliphatic carbocycles. The average Bonchev–Trinajstić information content (AvgIpc) is 3.01. The summed E-state index contributed by atoms with van der Waals surface area (Å²) < 4.78 is 17.9. The number of ether oxygens (including phenoxy) is 3. The van der Waals surface area contributed by atoms with E-state index in [-0.39, 0.29) is 12.4 Å². The van der Waals surface area contributed by atoms with Gasteiger partial charge in [0.25, 0.3) is 0 Å². The minimum atomic E-state index is -0.274. The van der Waals surface area contributed by atoms with E-state index in [1.165, 1.54) is 16.7 Å². The Hall–Kier alpha value is -2.16. The molecule has 0 radical (unpaired) electrons. The van der Waals surface area contributed by atoms with Gasteiger partial charge in [0.15, 0.2) is 11.5 Å². The van der Waals surface area contributed by atoms with Crippen molar-refractivity contribution >= 4 is 6.08 Å². The fourth-order valence-corrected chi connectivity index (χ4v) is 3.83. The van der Waals surface area contributed by atoms with E-state index < -0.39 is 0 Å². The molecule has 0 unspecified atom stereocenters. The van der Waals surface area contributed by atoms with E-state index in [0.717, 1.165) is 54.9 Å². The Labute approximate surface area is 150 Å². The van der Waals surface area contributed by atoms with Gasteiger partial charge in [0.05, 0.1) is 0 Å². The van der Waals surface area contributed by atoms with Crippen LogP contribution in [0.4, 0.5) is 0 Å². The molecule has 4 bridgehead atoms. The summed E-state index contributed by atoms with van der Waals surface area (Å²) in [6.45, 7) is 6.88. The lowest BCUT2D eigenvalue weighted by atomic mass is 9.90. The summed E-state index contributed by atoms with van der Waals surface area (Å²) in [7, 11) is 0. The molecule has 3 nitrogen and oxygen atoms in total. The zero-order chi connectivity index (χ0) is 17.4. The third-order valence-corrected chi connectivity index (χ3v) is 5.33. The van der Waals surface area contributed by atoms with Crippen LogP contribution in [0.25, 0.3) is 6.08 Å². The van der Waals surface area contributed by atoms with E-state index in [9.17, 15) is 0 Å². The lowest BCUT2D eigenvalue weighted by molar-refractivity contribution is 0.128. The molecule has 25 heavy (non-hydrogen) atoms. The smallest absolute Gasteiger partial charge is 0.231 e. The van der Waals surface area contributed by atoms with Crippen molar-refractivity contribution < 1.29 is 14.2 Å². The summed E-state index contributed by atoms with van der Waals surface area (Å²) in [6.07, 6.45) is 14.2. The Bertz CT molecular complexity index is 785. The van der Waals surface area contributed by atoms with Crippen LogP contribution >= 0.6 is 0 Å². The minimum Gasteiger partial charge on any atom is -0.483 e. The average molecular weight is 338 g/mol. The molecule has 4 aliphatic rings. The third kappa shape index (κ3) is 3.20. The monoisotopic (exact) mass is 338 g/mol. The van der Waals surface area contributed by atoms with E-state index >= 15 is 0 Å². The number of allylic oxidation sites excluding steroid dienone is 4. The highest BCUT2D eigenvalue weighted by Gasteiger charge is 2.32. The minimum absolute atomic E-state index is 0.274. The molecule has 0 saturated carbocycles. The SMILES string of the molecule is C/C1=C/CC[C@]2(C)C=Cc3c(cc4c(c3C/C(C)=C\CC1)OCO4)O2. The van der Waals surface area contributed by atoms with Crippen LogP contribution in [0.3, 0.4) is 0 Å².